The van der Waals surface area contributed by atoms with Crippen molar-refractivity contribution in [3.05, 3.63) is 171 Å². The van der Waals surface area contributed by atoms with Gasteiger partial charge in [-0.1, -0.05) is 174 Å². The third-order valence-corrected chi connectivity index (χ3v) is 10.6. The van der Waals surface area contributed by atoms with Crippen molar-refractivity contribution in [2.24, 2.45) is 0 Å². The first-order chi connectivity index (χ1) is 21.4. The number of rotatable bonds is 4. The van der Waals surface area contributed by atoms with Gasteiger partial charge in [-0.05, 0) is 80.3 Å². The molecule has 1 atom stereocenters. The summed E-state index contributed by atoms with van der Waals surface area (Å²) >= 11 is 0. The van der Waals surface area contributed by atoms with Crippen molar-refractivity contribution in [1.82, 2.24) is 0 Å². The second kappa shape index (κ2) is 10.4. The van der Waals surface area contributed by atoms with E-state index >= 15 is 0 Å². The van der Waals surface area contributed by atoms with Gasteiger partial charge in [0.25, 0.3) is 0 Å². The zero-order chi connectivity index (χ0) is 31.7. The third-order valence-electron chi connectivity index (χ3n) is 10.6. The van der Waals surface area contributed by atoms with Crippen LogP contribution in [-0.2, 0) is 16.2 Å². The van der Waals surface area contributed by atoms with E-state index in [9.17, 15) is 0 Å². The molecule has 5 aromatic rings. The first-order valence-corrected chi connectivity index (χ1v) is 16.6. The van der Waals surface area contributed by atoms with Crippen LogP contribution < -0.4 is 0 Å². The lowest BCUT2D eigenvalue weighted by Crippen LogP contribution is -2.41. The van der Waals surface area contributed by atoms with E-state index in [2.05, 4.69) is 177 Å². The molecule has 0 saturated heterocycles. The van der Waals surface area contributed by atoms with Crippen LogP contribution in [0.1, 0.15) is 110 Å². The highest BCUT2D eigenvalue weighted by molar-refractivity contribution is 5.83. The first-order valence-electron chi connectivity index (χ1n) is 16.6. The highest BCUT2D eigenvalue weighted by Crippen LogP contribution is 2.64. The Kier molecular flexibility index (Phi) is 6.86. The van der Waals surface area contributed by atoms with Gasteiger partial charge in [0.15, 0.2) is 0 Å². The summed E-state index contributed by atoms with van der Waals surface area (Å²) in [6.45, 7) is 18.6. The van der Waals surface area contributed by atoms with Crippen molar-refractivity contribution in [3.8, 4) is 11.1 Å². The molecule has 2 aliphatic carbocycles. The van der Waals surface area contributed by atoms with Gasteiger partial charge in [-0.25, -0.2) is 0 Å². The Morgan fingerprint density at radius 2 is 0.933 bits per heavy atom. The quantitative estimate of drug-likeness (QED) is 0.196. The molecule has 7 rings (SSSR count). The second-order valence-corrected chi connectivity index (χ2v) is 15.6. The van der Waals surface area contributed by atoms with E-state index < -0.39 is 5.41 Å². The van der Waals surface area contributed by atoms with E-state index in [0.717, 1.165) is 0 Å². The number of aryl methyl sites for hydroxylation is 1. The van der Waals surface area contributed by atoms with E-state index in [4.69, 9.17) is 0 Å². The van der Waals surface area contributed by atoms with Crippen molar-refractivity contribution in [3.63, 3.8) is 0 Å². The lowest BCUT2D eigenvalue weighted by molar-refractivity contribution is 0.404. The fraction of sp³-hybridized carbons (Fsp3) is 0.289. The van der Waals surface area contributed by atoms with Gasteiger partial charge < -0.3 is 0 Å². The molecule has 1 unspecified atom stereocenters. The summed E-state index contributed by atoms with van der Waals surface area (Å²) in [5.41, 5.74) is 16.4. The minimum Gasteiger partial charge on any atom is -0.0639 e. The molecule has 5 aromatic carbocycles. The molecule has 2 aliphatic rings. The molecule has 0 nitrogen and oxygen atoms in total. The van der Waals surface area contributed by atoms with Crippen LogP contribution in [0, 0.1) is 6.92 Å². The van der Waals surface area contributed by atoms with Gasteiger partial charge in [-0.3, -0.25) is 0 Å². The Morgan fingerprint density at radius 3 is 1.40 bits per heavy atom. The Morgan fingerprint density at radius 1 is 0.444 bits per heavy atom. The number of fused-ring (bicyclic) bond motifs is 4. The molecule has 0 spiro atoms. The second-order valence-electron chi connectivity index (χ2n) is 15.6. The third kappa shape index (κ3) is 4.64. The van der Waals surface area contributed by atoms with Gasteiger partial charge >= 0.3 is 0 Å². The largest absolute Gasteiger partial charge is 0.0639 e. The minimum absolute atomic E-state index is 0.0420. The van der Waals surface area contributed by atoms with E-state index in [1.807, 2.05) is 0 Å². The average Bonchev–Trinajstić information content (AvgIpc) is 3.51. The molecule has 0 aliphatic heterocycles. The number of benzene rings is 5. The maximum atomic E-state index is 2.56. The molecular formula is C45H46. The SMILES string of the molecule is CC1=Cc2cc(C)ccc2C1C(c1ccccc1)(c1ccccc1)C1c2cc(C(C)(C)C)ccc2-c2ccc(C(C)(C)C)cc21. The Hall–Kier alpha value is -4.16. The lowest BCUT2D eigenvalue weighted by Gasteiger charge is -2.47. The van der Waals surface area contributed by atoms with Crippen LogP contribution in [0.5, 0.6) is 0 Å². The van der Waals surface area contributed by atoms with Crippen molar-refractivity contribution < 1.29 is 0 Å². The summed E-state index contributed by atoms with van der Waals surface area (Å²) in [5, 5.41) is 0. The summed E-state index contributed by atoms with van der Waals surface area (Å²) < 4.78 is 0. The lowest BCUT2D eigenvalue weighted by atomic mass is 9.54. The number of hydrogen-bond donors (Lipinski definition) is 0. The molecule has 0 radical (unpaired) electrons. The van der Waals surface area contributed by atoms with Crippen LogP contribution in [-0.4, -0.2) is 0 Å². The topological polar surface area (TPSA) is 0 Å². The zero-order valence-corrected chi connectivity index (χ0v) is 28.2. The average molecular weight is 587 g/mol. The Bertz CT molecular complexity index is 1820. The van der Waals surface area contributed by atoms with Crippen LogP contribution in [0.15, 0.2) is 121 Å². The standard InChI is InChI=1S/C45H46/c1-29-19-22-36-31(25-29)26-30(2)41(36)45(32-15-11-9-12-16-32,33-17-13-10-14-18-33)42-39-27-34(43(3,4)5)20-23-37(39)38-24-21-35(28-40(38)42)44(6,7)8/h9-28,41-42H,1-8H3. The molecule has 0 fully saturated rings. The molecule has 0 N–H and O–H groups in total. The van der Waals surface area contributed by atoms with Crippen molar-refractivity contribution in [1.29, 1.82) is 0 Å². The van der Waals surface area contributed by atoms with Gasteiger partial charge in [0.05, 0.1) is 0 Å². The molecule has 45 heavy (non-hydrogen) atoms. The van der Waals surface area contributed by atoms with Gasteiger partial charge in [0.1, 0.15) is 0 Å². The maximum absolute atomic E-state index is 2.56. The van der Waals surface area contributed by atoms with E-state index in [-0.39, 0.29) is 22.7 Å². The fourth-order valence-corrected chi connectivity index (χ4v) is 8.37. The maximum Gasteiger partial charge on any atom is 0.0418 e. The van der Waals surface area contributed by atoms with Crippen LogP contribution in [0.2, 0.25) is 0 Å². The van der Waals surface area contributed by atoms with Gasteiger partial charge in [0, 0.05) is 17.3 Å². The molecule has 0 heterocycles. The predicted molar refractivity (Wildman–Crippen MR) is 192 cm³/mol. The van der Waals surface area contributed by atoms with Crippen molar-refractivity contribution >= 4 is 6.08 Å². The summed E-state index contributed by atoms with van der Waals surface area (Å²) in [6, 6.07) is 44.7. The van der Waals surface area contributed by atoms with E-state index in [1.54, 1.807) is 0 Å². The Labute approximate surface area is 270 Å². The van der Waals surface area contributed by atoms with Gasteiger partial charge in [-0.15, -0.1) is 0 Å². The molecular weight excluding hydrogens is 540 g/mol. The van der Waals surface area contributed by atoms with Crippen LogP contribution in [0.25, 0.3) is 17.2 Å². The highest BCUT2D eigenvalue weighted by atomic mass is 14.6. The normalized spacial score (nSPS) is 16.3. The molecule has 226 valence electrons. The van der Waals surface area contributed by atoms with Crippen LogP contribution in [0.4, 0.5) is 0 Å². The summed E-state index contributed by atoms with van der Waals surface area (Å²) in [4.78, 5) is 0. The van der Waals surface area contributed by atoms with Gasteiger partial charge in [0.2, 0.25) is 0 Å². The van der Waals surface area contributed by atoms with Crippen LogP contribution >= 0.6 is 0 Å². The Balaban J connectivity index is 1.67. The number of hydrogen-bond acceptors (Lipinski definition) is 0. The monoisotopic (exact) mass is 586 g/mol. The van der Waals surface area contributed by atoms with Crippen molar-refractivity contribution in [2.75, 3.05) is 0 Å². The molecule has 0 saturated carbocycles. The summed E-state index contributed by atoms with van der Waals surface area (Å²) in [6.07, 6.45) is 2.46. The molecule has 0 aromatic heterocycles. The minimum atomic E-state index is -0.392. The van der Waals surface area contributed by atoms with E-state index in [1.165, 1.54) is 66.8 Å². The predicted octanol–water partition coefficient (Wildman–Crippen LogP) is 11.9. The molecule has 0 heteroatoms. The highest BCUT2D eigenvalue weighted by Gasteiger charge is 2.55. The smallest absolute Gasteiger partial charge is 0.0418 e. The van der Waals surface area contributed by atoms with Gasteiger partial charge in [-0.2, -0.15) is 0 Å². The molecule has 0 bridgehead atoms. The fourth-order valence-electron chi connectivity index (χ4n) is 8.37. The van der Waals surface area contributed by atoms with Crippen LogP contribution in [0.3, 0.4) is 0 Å². The van der Waals surface area contributed by atoms with Crippen molar-refractivity contribution in [2.45, 2.75) is 83.5 Å². The first kappa shape index (κ1) is 29.5. The number of allylic oxidation sites excluding steroid dienone is 1. The zero-order valence-electron chi connectivity index (χ0n) is 28.2. The molecule has 0 amide bonds. The summed E-state index contributed by atoms with van der Waals surface area (Å²) in [7, 11) is 0. The van der Waals surface area contributed by atoms with E-state index in [0.29, 0.717) is 0 Å². The summed E-state index contributed by atoms with van der Waals surface area (Å²) in [5.74, 6) is 0.274.